The van der Waals surface area contributed by atoms with Crippen molar-refractivity contribution in [1.29, 1.82) is 0 Å². The molecule has 1 aromatic carbocycles. The number of fused-ring (bicyclic) bond motifs is 1. The highest BCUT2D eigenvalue weighted by Crippen LogP contribution is 2.32. The molecule has 2 heterocycles. The second-order valence-corrected chi connectivity index (χ2v) is 5.80. The van der Waals surface area contributed by atoms with E-state index >= 15 is 0 Å². The molecule has 1 aromatic rings. The fraction of sp³-hybridized carbons (Fsp3) is 0.600. The van der Waals surface area contributed by atoms with Gasteiger partial charge >= 0.3 is 0 Å². The fourth-order valence-corrected chi connectivity index (χ4v) is 2.84. The SMILES string of the molecule is CN(CC1(CN)COC1)c1ccc2c(c1)CCCO2. The van der Waals surface area contributed by atoms with Crippen LogP contribution in [0.2, 0.25) is 0 Å². The normalized spacial score (nSPS) is 20.1. The molecule has 0 aromatic heterocycles. The molecule has 0 unspecified atom stereocenters. The van der Waals surface area contributed by atoms with Gasteiger partial charge in [0.1, 0.15) is 5.75 Å². The van der Waals surface area contributed by atoms with Gasteiger partial charge in [0.25, 0.3) is 0 Å². The van der Waals surface area contributed by atoms with Crippen LogP contribution in [-0.4, -0.2) is 40.0 Å². The van der Waals surface area contributed by atoms with Gasteiger partial charge in [-0.1, -0.05) is 0 Å². The second-order valence-electron chi connectivity index (χ2n) is 5.80. The summed E-state index contributed by atoms with van der Waals surface area (Å²) in [6.45, 7) is 4.04. The molecule has 0 radical (unpaired) electrons. The monoisotopic (exact) mass is 262 g/mol. The van der Waals surface area contributed by atoms with Gasteiger partial charge in [0.05, 0.1) is 19.8 Å². The van der Waals surface area contributed by atoms with Gasteiger partial charge in [0.15, 0.2) is 0 Å². The zero-order valence-electron chi connectivity index (χ0n) is 11.5. The maximum Gasteiger partial charge on any atom is 0.122 e. The zero-order chi connectivity index (χ0) is 13.3. The molecule has 104 valence electrons. The van der Waals surface area contributed by atoms with Crippen LogP contribution in [0.25, 0.3) is 0 Å². The highest BCUT2D eigenvalue weighted by molar-refractivity contribution is 5.53. The average Bonchev–Trinajstić information content (AvgIpc) is 2.42. The van der Waals surface area contributed by atoms with E-state index in [1.54, 1.807) is 0 Å². The van der Waals surface area contributed by atoms with Gasteiger partial charge in [-0.05, 0) is 36.6 Å². The Morgan fingerprint density at radius 2 is 2.21 bits per heavy atom. The van der Waals surface area contributed by atoms with Crippen molar-refractivity contribution in [2.24, 2.45) is 11.1 Å². The highest BCUT2D eigenvalue weighted by Gasteiger charge is 2.38. The van der Waals surface area contributed by atoms with Crippen LogP contribution < -0.4 is 15.4 Å². The van der Waals surface area contributed by atoms with E-state index in [1.165, 1.54) is 11.3 Å². The Morgan fingerprint density at radius 3 is 2.89 bits per heavy atom. The van der Waals surface area contributed by atoms with Gasteiger partial charge < -0.3 is 20.1 Å². The standard InChI is InChI=1S/C15H22N2O2/c1-17(9-15(8-16)10-18-11-15)13-4-5-14-12(7-13)3-2-6-19-14/h4-5,7H,2-3,6,8-11,16H2,1H3. The minimum Gasteiger partial charge on any atom is -0.493 e. The van der Waals surface area contributed by atoms with Crippen LogP contribution in [0.15, 0.2) is 18.2 Å². The van der Waals surface area contributed by atoms with Crippen molar-refractivity contribution >= 4 is 5.69 Å². The summed E-state index contributed by atoms with van der Waals surface area (Å²) in [4.78, 5) is 2.28. The molecule has 1 fully saturated rings. The number of rotatable bonds is 4. The Morgan fingerprint density at radius 1 is 1.37 bits per heavy atom. The number of nitrogens with two attached hydrogens (primary N) is 1. The molecule has 19 heavy (non-hydrogen) atoms. The van der Waals surface area contributed by atoms with Crippen molar-refractivity contribution in [3.8, 4) is 5.75 Å². The summed E-state index contributed by atoms with van der Waals surface area (Å²) in [7, 11) is 2.13. The van der Waals surface area contributed by atoms with Crippen LogP contribution in [0.1, 0.15) is 12.0 Å². The predicted molar refractivity (Wildman–Crippen MR) is 75.8 cm³/mol. The van der Waals surface area contributed by atoms with E-state index in [9.17, 15) is 0 Å². The molecule has 4 heteroatoms. The smallest absolute Gasteiger partial charge is 0.122 e. The van der Waals surface area contributed by atoms with Gasteiger partial charge in [0, 0.05) is 31.2 Å². The molecule has 0 atom stereocenters. The average molecular weight is 262 g/mol. The number of nitrogens with zero attached hydrogens (tertiary/aromatic N) is 1. The molecule has 2 aliphatic rings. The second kappa shape index (κ2) is 5.02. The Bertz CT molecular complexity index is 452. The minimum absolute atomic E-state index is 0.140. The first-order valence-electron chi connectivity index (χ1n) is 6.97. The van der Waals surface area contributed by atoms with Gasteiger partial charge in [-0.3, -0.25) is 0 Å². The van der Waals surface area contributed by atoms with E-state index in [0.717, 1.165) is 45.0 Å². The largest absolute Gasteiger partial charge is 0.493 e. The maximum atomic E-state index is 5.88. The minimum atomic E-state index is 0.140. The van der Waals surface area contributed by atoms with Gasteiger partial charge in [-0.2, -0.15) is 0 Å². The van der Waals surface area contributed by atoms with E-state index in [2.05, 4.69) is 30.1 Å². The molecule has 0 aliphatic carbocycles. The first-order valence-corrected chi connectivity index (χ1v) is 6.97. The topological polar surface area (TPSA) is 47.7 Å². The van der Waals surface area contributed by atoms with Crippen molar-refractivity contribution in [3.63, 3.8) is 0 Å². The van der Waals surface area contributed by atoms with E-state index in [1.807, 2.05) is 0 Å². The summed E-state index contributed by atoms with van der Waals surface area (Å²) in [6, 6.07) is 6.47. The lowest BCUT2D eigenvalue weighted by atomic mass is 9.85. The highest BCUT2D eigenvalue weighted by atomic mass is 16.5. The third-order valence-corrected chi connectivity index (χ3v) is 4.15. The number of aryl methyl sites for hydroxylation is 1. The van der Waals surface area contributed by atoms with E-state index in [0.29, 0.717) is 6.54 Å². The summed E-state index contributed by atoms with van der Waals surface area (Å²) in [6.07, 6.45) is 2.23. The van der Waals surface area contributed by atoms with Crippen molar-refractivity contribution in [2.75, 3.05) is 44.9 Å². The lowest BCUT2D eigenvalue weighted by Gasteiger charge is -2.43. The number of ether oxygens (including phenoxy) is 2. The van der Waals surface area contributed by atoms with Crippen LogP contribution in [0.3, 0.4) is 0 Å². The molecule has 0 saturated carbocycles. The lowest BCUT2D eigenvalue weighted by molar-refractivity contribution is -0.101. The van der Waals surface area contributed by atoms with Crippen LogP contribution in [0, 0.1) is 5.41 Å². The number of hydrogen-bond donors (Lipinski definition) is 1. The Hall–Kier alpha value is -1.26. The summed E-state index contributed by atoms with van der Waals surface area (Å²) < 4.78 is 11.0. The maximum absolute atomic E-state index is 5.88. The first-order chi connectivity index (χ1) is 9.22. The third kappa shape index (κ3) is 2.42. The molecule has 1 saturated heterocycles. The molecule has 2 N–H and O–H groups in total. The Labute approximate surface area is 114 Å². The van der Waals surface area contributed by atoms with E-state index in [-0.39, 0.29) is 5.41 Å². The summed E-state index contributed by atoms with van der Waals surface area (Å²) >= 11 is 0. The quantitative estimate of drug-likeness (QED) is 0.891. The van der Waals surface area contributed by atoms with Crippen molar-refractivity contribution < 1.29 is 9.47 Å². The van der Waals surface area contributed by atoms with Crippen molar-refractivity contribution in [1.82, 2.24) is 0 Å². The molecule has 3 rings (SSSR count). The van der Waals surface area contributed by atoms with Gasteiger partial charge in [-0.25, -0.2) is 0 Å². The number of hydrogen-bond acceptors (Lipinski definition) is 4. The third-order valence-electron chi connectivity index (χ3n) is 4.15. The lowest BCUT2D eigenvalue weighted by Crippen LogP contribution is -2.54. The molecular formula is C15H22N2O2. The molecule has 0 amide bonds. The Kier molecular flexibility index (Phi) is 3.37. The molecule has 4 nitrogen and oxygen atoms in total. The molecule has 2 aliphatic heterocycles. The number of benzene rings is 1. The zero-order valence-corrected chi connectivity index (χ0v) is 11.5. The van der Waals surface area contributed by atoms with Gasteiger partial charge in [-0.15, -0.1) is 0 Å². The molecule has 0 bridgehead atoms. The first kappa shape index (κ1) is 12.8. The van der Waals surface area contributed by atoms with E-state index < -0.39 is 0 Å². The summed E-state index contributed by atoms with van der Waals surface area (Å²) in [5.41, 5.74) is 8.58. The van der Waals surface area contributed by atoms with Crippen LogP contribution in [-0.2, 0) is 11.2 Å². The van der Waals surface area contributed by atoms with Crippen LogP contribution >= 0.6 is 0 Å². The number of anilines is 1. The van der Waals surface area contributed by atoms with Crippen molar-refractivity contribution in [3.05, 3.63) is 23.8 Å². The summed E-state index contributed by atoms with van der Waals surface area (Å²) in [5.74, 6) is 1.05. The van der Waals surface area contributed by atoms with Crippen molar-refractivity contribution in [2.45, 2.75) is 12.8 Å². The predicted octanol–water partition coefficient (Wildman–Crippen LogP) is 1.42. The Balaban J connectivity index is 1.74. The molecular weight excluding hydrogens is 240 g/mol. The van der Waals surface area contributed by atoms with Gasteiger partial charge in [0.2, 0.25) is 0 Å². The molecule has 0 spiro atoms. The van der Waals surface area contributed by atoms with E-state index in [4.69, 9.17) is 15.2 Å². The van der Waals surface area contributed by atoms with Crippen LogP contribution in [0.5, 0.6) is 5.75 Å². The fourth-order valence-electron chi connectivity index (χ4n) is 2.84. The summed E-state index contributed by atoms with van der Waals surface area (Å²) in [5, 5.41) is 0. The van der Waals surface area contributed by atoms with Crippen LogP contribution in [0.4, 0.5) is 5.69 Å².